The van der Waals surface area contributed by atoms with Gasteiger partial charge in [-0.25, -0.2) is 0 Å². The van der Waals surface area contributed by atoms with Crippen molar-refractivity contribution in [3.63, 3.8) is 0 Å². The van der Waals surface area contributed by atoms with E-state index in [4.69, 9.17) is 0 Å². The normalized spacial score (nSPS) is 23.5. The van der Waals surface area contributed by atoms with Gasteiger partial charge in [0.25, 0.3) is 0 Å². The first kappa shape index (κ1) is 4.81. The first-order valence-electron chi connectivity index (χ1n) is 1.80. The summed E-state index contributed by atoms with van der Waals surface area (Å²) < 4.78 is 9.82. The first-order chi connectivity index (χ1) is 2.93. The van der Waals surface area contributed by atoms with Crippen LogP contribution >= 0.6 is 23.8 Å². The summed E-state index contributed by atoms with van der Waals surface area (Å²) in [7, 11) is 0. The molecule has 0 saturated carbocycles. The number of rotatable bonds is 1. The average Bonchev–Trinajstić information content (AvgIpc) is 1.31. The Morgan fingerprint density at radius 2 is 2.33 bits per heavy atom. The summed E-state index contributed by atoms with van der Waals surface area (Å²) in [6.07, 6.45) is 0. The molecule has 1 heterocycles. The van der Waals surface area contributed by atoms with E-state index in [9.17, 15) is 4.55 Å². The van der Waals surface area contributed by atoms with E-state index in [2.05, 4.69) is 0 Å². The molecular formula is C3H5OS2. The van der Waals surface area contributed by atoms with Crippen molar-refractivity contribution in [3.8, 4) is 0 Å². The van der Waals surface area contributed by atoms with Crippen LogP contribution in [0, 0.1) is 0 Å². The third kappa shape index (κ3) is 0.832. The molecule has 0 atom stereocenters. The molecule has 1 aliphatic heterocycles. The van der Waals surface area contributed by atoms with E-state index in [0.717, 1.165) is 23.5 Å². The standard InChI is InChI=1S/C3H5OS2/c4-6-3-1-5-2-3/h3H,1-2H2. The van der Waals surface area contributed by atoms with Gasteiger partial charge in [-0.1, -0.05) is 0 Å². The summed E-state index contributed by atoms with van der Waals surface area (Å²) >= 11 is 2.59. The monoisotopic (exact) mass is 121 g/mol. The van der Waals surface area contributed by atoms with Crippen LogP contribution in [-0.4, -0.2) is 16.8 Å². The molecule has 3 heteroatoms. The zero-order valence-corrected chi connectivity index (χ0v) is 4.85. The fraction of sp³-hybridized carbons (Fsp3) is 1.00. The van der Waals surface area contributed by atoms with E-state index in [1.54, 1.807) is 0 Å². The Morgan fingerprint density at radius 1 is 1.67 bits per heavy atom. The lowest BCUT2D eigenvalue weighted by molar-refractivity contribution is 0.526. The summed E-state index contributed by atoms with van der Waals surface area (Å²) in [5.74, 6) is 2.16. The average molecular weight is 121 g/mol. The molecule has 0 N–H and O–H groups in total. The van der Waals surface area contributed by atoms with Gasteiger partial charge in [-0.3, -0.25) is 0 Å². The van der Waals surface area contributed by atoms with Crippen molar-refractivity contribution < 1.29 is 4.55 Å². The highest BCUT2D eigenvalue weighted by molar-refractivity contribution is 8.05. The predicted molar refractivity (Wildman–Crippen MR) is 29.4 cm³/mol. The summed E-state index contributed by atoms with van der Waals surface area (Å²) in [6.45, 7) is 0. The molecule has 0 amide bonds. The van der Waals surface area contributed by atoms with E-state index in [-0.39, 0.29) is 0 Å². The highest BCUT2D eigenvalue weighted by Crippen LogP contribution is 2.26. The van der Waals surface area contributed by atoms with Crippen molar-refractivity contribution in [3.05, 3.63) is 0 Å². The van der Waals surface area contributed by atoms with Crippen molar-refractivity contribution in [1.29, 1.82) is 0 Å². The molecule has 1 fully saturated rings. The quantitative estimate of drug-likeness (QED) is 0.485. The van der Waals surface area contributed by atoms with Gasteiger partial charge in [-0.15, -0.1) is 0 Å². The second-order valence-corrected chi connectivity index (χ2v) is 3.19. The minimum absolute atomic E-state index is 0.440. The molecule has 1 radical (unpaired) electrons. The molecule has 0 aromatic rings. The zero-order chi connectivity index (χ0) is 4.41. The molecule has 0 bridgehead atoms. The largest absolute Gasteiger partial charge is 0.159 e. The summed E-state index contributed by atoms with van der Waals surface area (Å²) in [5, 5.41) is 0.440. The fourth-order valence-electron chi connectivity index (χ4n) is 0.270. The number of hydrogen-bond acceptors (Lipinski definition) is 2. The predicted octanol–water partition coefficient (Wildman–Crippen LogP) is 1.18. The van der Waals surface area contributed by atoms with E-state index >= 15 is 0 Å². The maximum atomic E-state index is 9.82. The smallest absolute Gasteiger partial charge is 0.0524 e. The third-order valence-electron chi connectivity index (χ3n) is 0.744. The van der Waals surface area contributed by atoms with Crippen molar-refractivity contribution in [2.45, 2.75) is 5.25 Å². The first-order valence-corrected chi connectivity index (χ1v) is 3.76. The molecule has 1 nitrogen and oxygen atoms in total. The second-order valence-electron chi connectivity index (χ2n) is 1.26. The second kappa shape index (κ2) is 2.09. The van der Waals surface area contributed by atoms with Crippen molar-refractivity contribution >= 4 is 23.8 Å². The van der Waals surface area contributed by atoms with E-state index in [0.29, 0.717) is 5.25 Å². The minimum atomic E-state index is 0.440. The lowest BCUT2D eigenvalue weighted by Crippen LogP contribution is -2.19. The highest BCUT2D eigenvalue weighted by Gasteiger charge is 2.17. The van der Waals surface area contributed by atoms with Crippen LogP contribution in [0.15, 0.2) is 0 Å². The number of thioether (sulfide) groups is 1. The molecular weight excluding hydrogens is 116 g/mol. The third-order valence-corrected chi connectivity index (χ3v) is 3.05. The van der Waals surface area contributed by atoms with Gasteiger partial charge in [0.2, 0.25) is 0 Å². The highest BCUT2D eigenvalue weighted by atomic mass is 32.2. The van der Waals surface area contributed by atoms with Gasteiger partial charge in [0.15, 0.2) is 0 Å². The van der Waals surface area contributed by atoms with Gasteiger partial charge in [0.1, 0.15) is 0 Å². The van der Waals surface area contributed by atoms with Crippen LogP contribution in [0.1, 0.15) is 0 Å². The van der Waals surface area contributed by atoms with Crippen LogP contribution in [0.3, 0.4) is 0 Å². The van der Waals surface area contributed by atoms with Gasteiger partial charge in [0, 0.05) is 23.5 Å². The van der Waals surface area contributed by atoms with Crippen LogP contribution in [0.4, 0.5) is 0 Å². The summed E-state index contributed by atoms with van der Waals surface area (Å²) in [5.41, 5.74) is 0. The topological polar surface area (TPSA) is 19.9 Å². The Balaban J connectivity index is 2.01. The van der Waals surface area contributed by atoms with Crippen LogP contribution in [0.2, 0.25) is 0 Å². The molecule has 1 aliphatic rings. The van der Waals surface area contributed by atoms with Gasteiger partial charge < -0.3 is 0 Å². The maximum Gasteiger partial charge on any atom is 0.0524 e. The van der Waals surface area contributed by atoms with Gasteiger partial charge in [0.05, 0.1) is 5.25 Å². The molecule has 0 aliphatic carbocycles. The minimum Gasteiger partial charge on any atom is -0.159 e. The fourth-order valence-corrected chi connectivity index (χ4v) is 1.72. The lowest BCUT2D eigenvalue weighted by Gasteiger charge is -2.18. The Kier molecular flexibility index (Phi) is 1.68. The van der Waals surface area contributed by atoms with Gasteiger partial charge in [-0.2, -0.15) is 16.3 Å². The van der Waals surface area contributed by atoms with Gasteiger partial charge in [-0.05, 0) is 0 Å². The Bertz CT molecular complexity index is 41.3. The maximum absolute atomic E-state index is 9.82. The summed E-state index contributed by atoms with van der Waals surface area (Å²) in [4.78, 5) is 0. The lowest BCUT2D eigenvalue weighted by atomic mass is 10.5. The van der Waals surface area contributed by atoms with Gasteiger partial charge >= 0.3 is 0 Å². The molecule has 1 rings (SSSR count). The molecule has 0 unspecified atom stereocenters. The van der Waals surface area contributed by atoms with Crippen molar-refractivity contribution in [2.75, 3.05) is 11.5 Å². The van der Waals surface area contributed by atoms with E-state index in [1.165, 1.54) is 0 Å². The van der Waals surface area contributed by atoms with E-state index in [1.807, 2.05) is 11.8 Å². The Morgan fingerprint density at radius 3 is 2.33 bits per heavy atom. The van der Waals surface area contributed by atoms with Crippen LogP contribution in [0.5, 0.6) is 0 Å². The number of hydrogen-bond donors (Lipinski definition) is 0. The molecule has 0 aromatic carbocycles. The van der Waals surface area contributed by atoms with Crippen molar-refractivity contribution in [2.24, 2.45) is 0 Å². The van der Waals surface area contributed by atoms with Crippen LogP contribution in [-0.2, 0) is 4.55 Å². The molecule has 0 spiro atoms. The van der Waals surface area contributed by atoms with Crippen molar-refractivity contribution in [1.82, 2.24) is 0 Å². The molecule has 6 heavy (non-hydrogen) atoms. The molecule has 0 aromatic heterocycles. The zero-order valence-electron chi connectivity index (χ0n) is 3.22. The Labute approximate surface area is 45.7 Å². The summed E-state index contributed by atoms with van der Waals surface area (Å²) in [6, 6.07) is 0. The van der Waals surface area contributed by atoms with Crippen LogP contribution in [0.25, 0.3) is 0 Å². The molecule has 1 saturated heterocycles. The molecule has 35 valence electrons. The van der Waals surface area contributed by atoms with Crippen LogP contribution < -0.4 is 0 Å². The SMILES string of the molecule is [O]SC1CSC1. The van der Waals surface area contributed by atoms with E-state index < -0.39 is 0 Å². The Hall–Kier alpha value is 0.660.